The molecule has 0 bridgehead atoms. The highest BCUT2D eigenvalue weighted by molar-refractivity contribution is 5.96. The van der Waals surface area contributed by atoms with Crippen molar-refractivity contribution in [1.82, 2.24) is 26.6 Å². The molecule has 0 heterocycles. The lowest BCUT2D eigenvalue weighted by Gasteiger charge is -2.53. The fraction of sp³-hybridized carbons (Fsp3) is 0.760. The molecule has 0 aromatic heterocycles. The topological polar surface area (TPSA) is 189 Å². The largest absolute Gasteiger partial charge is 0.367 e. The van der Waals surface area contributed by atoms with Crippen LogP contribution in [0, 0.1) is 0 Å². The Balaban J connectivity index is 3.99. The summed E-state index contributed by atoms with van der Waals surface area (Å²) in [6, 6.07) is 0. The number of rotatable bonds is 15. The van der Waals surface area contributed by atoms with Crippen molar-refractivity contribution in [2.75, 3.05) is 0 Å². The van der Waals surface area contributed by atoms with Crippen LogP contribution in [-0.2, 0) is 28.8 Å². The second-order valence-electron chi connectivity index (χ2n) is 9.61. The average molecular weight is 525 g/mol. The number of nitrogens with two attached hydrogens (primary N) is 1. The van der Waals surface area contributed by atoms with E-state index in [0.29, 0.717) is 32.1 Å². The number of unbranched alkanes of at least 4 members (excludes halogenated alkanes) is 2. The first kappa shape index (κ1) is 31.8. The number of primary amides is 1. The van der Waals surface area contributed by atoms with Crippen molar-refractivity contribution in [3.63, 3.8) is 0 Å². The van der Waals surface area contributed by atoms with Crippen LogP contribution in [0.1, 0.15) is 105 Å². The van der Waals surface area contributed by atoms with Crippen molar-refractivity contribution in [2.24, 2.45) is 5.73 Å². The Hall–Kier alpha value is -3.18. The molecule has 0 spiro atoms. The van der Waals surface area contributed by atoms with E-state index in [2.05, 4.69) is 26.6 Å². The molecule has 1 fully saturated rings. The first-order chi connectivity index (χ1) is 17.4. The third-order valence-electron chi connectivity index (χ3n) is 6.64. The third kappa shape index (κ3) is 7.20. The maximum atomic E-state index is 13.3. The van der Waals surface area contributed by atoms with Gasteiger partial charge < -0.3 is 32.3 Å². The van der Waals surface area contributed by atoms with Crippen molar-refractivity contribution in [1.29, 1.82) is 0 Å². The Morgan fingerprint density at radius 1 is 0.649 bits per heavy atom. The van der Waals surface area contributed by atoms with Crippen LogP contribution in [0.15, 0.2) is 0 Å². The van der Waals surface area contributed by atoms with Crippen LogP contribution >= 0.6 is 0 Å². The molecule has 1 aliphatic rings. The van der Waals surface area contributed by atoms with Crippen LogP contribution < -0.4 is 32.3 Å². The van der Waals surface area contributed by atoms with Gasteiger partial charge in [0, 0.05) is 32.6 Å². The van der Waals surface area contributed by atoms with Crippen LogP contribution in [0.3, 0.4) is 0 Å². The van der Waals surface area contributed by atoms with Gasteiger partial charge in [-0.1, -0.05) is 40.5 Å². The summed E-state index contributed by atoms with van der Waals surface area (Å²) < 4.78 is 0. The molecule has 3 unspecified atom stereocenters. The Morgan fingerprint density at radius 3 is 1.59 bits per heavy atom. The zero-order valence-corrected chi connectivity index (χ0v) is 22.8. The Morgan fingerprint density at radius 2 is 1.16 bits per heavy atom. The minimum absolute atomic E-state index is 0.0104. The first-order valence-electron chi connectivity index (χ1n) is 13.2. The van der Waals surface area contributed by atoms with E-state index < -0.39 is 52.3 Å². The maximum Gasteiger partial charge on any atom is 0.247 e. The van der Waals surface area contributed by atoms with Gasteiger partial charge >= 0.3 is 0 Å². The standard InChI is InChI=1S/C25H44N6O6/c1-6-10-13-20(35)28-23(22(26)37)15-16-24(27-17(5)32,29-18(33)9-4)25(23,30-19(34)12-8-3)31-21(36)14-11-7-2/h6-16H2,1-5H3,(H2,26,37)(H,27,32)(H,28,35)(H,29,33)(H,30,34)(H,31,36). The van der Waals surface area contributed by atoms with E-state index in [1.54, 1.807) is 13.8 Å². The van der Waals surface area contributed by atoms with Gasteiger partial charge in [0.1, 0.15) is 0 Å². The average Bonchev–Trinajstić information content (AvgIpc) is 3.05. The molecule has 6 amide bonds. The smallest absolute Gasteiger partial charge is 0.247 e. The normalized spacial score (nSPS) is 24.6. The van der Waals surface area contributed by atoms with Crippen LogP contribution in [0.5, 0.6) is 0 Å². The molecule has 12 heteroatoms. The van der Waals surface area contributed by atoms with Crippen molar-refractivity contribution in [3.8, 4) is 0 Å². The molecule has 0 saturated heterocycles. The van der Waals surface area contributed by atoms with Gasteiger partial charge in [0.25, 0.3) is 0 Å². The second kappa shape index (κ2) is 13.9. The molecule has 1 aliphatic carbocycles. The summed E-state index contributed by atoms with van der Waals surface area (Å²) in [5.41, 5.74) is -0.182. The van der Waals surface area contributed by atoms with Gasteiger partial charge in [-0.3, -0.25) is 28.8 Å². The minimum atomic E-state index is -2.19. The van der Waals surface area contributed by atoms with Gasteiger partial charge in [-0.15, -0.1) is 0 Å². The quantitative estimate of drug-likeness (QED) is 0.170. The number of amides is 6. The SMILES string of the molecule is CCCCC(=O)NC1(C(N)=O)CCC(NC(C)=O)(NC(=O)CC)C1(NC(=O)CCC)NC(=O)CCCC. The molecule has 0 aromatic rings. The van der Waals surface area contributed by atoms with Gasteiger partial charge in [-0.25, -0.2) is 0 Å². The summed E-state index contributed by atoms with van der Waals surface area (Å²) in [5, 5.41) is 13.6. The predicted octanol–water partition coefficient (Wildman–Crippen LogP) is 0.588. The van der Waals surface area contributed by atoms with E-state index in [4.69, 9.17) is 5.73 Å². The van der Waals surface area contributed by atoms with Crippen LogP contribution in [0.2, 0.25) is 0 Å². The highest BCUT2D eigenvalue weighted by Crippen LogP contribution is 2.44. The third-order valence-corrected chi connectivity index (χ3v) is 6.64. The summed E-state index contributed by atoms with van der Waals surface area (Å²) in [4.78, 5) is 77.9. The van der Waals surface area contributed by atoms with Crippen molar-refractivity contribution < 1.29 is 28.8 Å². The van der Waals surface area contributed by atoms with Crippen molar-refractivity contribution >= 4 is 35.4 Å². The lowest BCUT2D eigenvalue weighted by Crippen LogP contribution is -2.90. The summed E-state index contributed by atoms with van der Waals surface area (Å²) >= 11 is 0. The Bertz CT molecular complexity index is 880. The molecule has 210 valence electrons. The van der Waals surface area contributed by atoms with Gasteiger partial charge in [0.05, 0.1) is 0 Å². The number of nitrogens with one attached hydrogen (secondary N) is 5. The second-order valence-corrected chi connectivity index (χ2v) is 9.61. The molecule has 1 saturated carbocycles. The van der Waals surface area contributed by atoms with Gasteiger partial charge in [-0.05, 0) is 32.1 Å². The van der Waals surface area contributed by atoms with Crippen LogP contribution in [0.25, 0.3) is 0 Å². The fourth-order valence-corrected chi connectivity index (χ4v) is 4.81. The molecule has 0 aromatic carbocycles. The molecule has 0 aliphatic heterocycles. The molecule has 37 heavy (non-hydrogen) atoms. The summed E-state index contributed by atoms with van der Waals surface area (Å²) in [6.45, 7) is 8.37. The zero-order valence-electron chi connectivity index (χ0n) is 22.8. The van der Waals surface area contributed by atoms with Crippen molar-refractivity contribution in [3.05, 3.63) is 0 Å². The van der Waals surface area contributed by atoms with E-state index in [1.165, 1.54) is 6.92 Å². The lowest BCUT2D eigenvalue weighted by molar-refractivity contribution is -0.147. The molecule has 3 atom stereocenters. The van der Waals surface area contributed by atoms with E-state index >= 15 is 0 Å². The van der Waals surface area contributed by atoms with E-state index in [1.807, 2.05) is 13.8 Å². The number of carbonyl (C=O) groups is 6. The molecule has 1 rings (SSSR count). The zero-order chi connectivity index (χ0) is 28.3. The molecular weight excluding hydrogens is 480 g/mol. The Labute approximate surface area is 219 Å². The number of hydrogen-bond donors (Lipinski definition) is 6. The Kier molecular flexibility index (Phi) is 12.0. The molecule has 12 nitrogen and oxygen atoms in total. The summed E-state index contributed by atoms with van der Waals surface area (Å²) in [5.74, 6) is -3.75. The van der Waals surface area contributed by atoms with Crippen molar-refractivity contribution in [2.45, 2.75) is 122 Å². The van der Waals surface area contributed by atoms with Crippen LogP contribution in [-0.4, -0.2) is 52.3 Å². The monoisotopic (exact) mass is 524 g/mol. The van der Waals surface area contributed by atoms with E-state index in [9.17, 15) is 28.8 Å². The highest BCUT2D eigenvalue weighted by atomic mass is 16.2. The van der Waals surface area contributed by atoms with Crippen LogP contribution in [0.4, 0.5) is 0 Å². The first-order valence-corrected chi connectivity index (χ1v) is 13.2. The number of hydrogen-bond acceptors (Lipinski definition) is 6. The van der Waals surface area contributed by atoms with Gasteiger partial charge in [0.15, 0.2) is 16.9 Å². The van der Waals surface area contributed by atoms with Gasteiger partial charge in [0.2, 0.25) is 35.4 Å². The van der Waals surface area contributed by atoms with Gasteiger partial charge in [-0.2, -0.15) is 0 Å². The fourth-order valence-electron chi connectivity index (χ4n) is 4.81. The van der Waals surface area contributed by atoms with E-state index in [0.717, 1.165) is 0 Å². The maximum absolute atomic E-state index is 13.3. The number of carbonyl (C=O) groups excluding carboxylic acids is 6. The molecule has 0 radical (unpaired) electrons. The predicted molar refractivity (Wildman–Crippen MR) is 137 cm³/mol. The molecule has 7 N–H and O–H groups in total. The minimum Gasteiger partial charge on any atom is -0.367 e. The highest BCUT2D eigenvalue weighted by Gasteiger charge is 2.74. The lowest BCUT2D eigenvalue weighted by atomic mass is 9.79. The van der Waals surface area contributed by atoms with E-state index in [-0.39, 0.29) is 38.5 Å². The molecular formula is C25H44N6O6. The summed E-state index contributed by atoms with van der Waals surface area (Å²) in [7, 11) is 0. The summed E-state index contributed by atoms with van der Waals surface area (Å²) in [6.07, 6.45) is 2.73.